The van der Waals surface area contributed by atoms with Crippen molar-refractivity contribution >= 4 is 41.3 Å². The first kappa shape index (κ1) is 22.6. The lowest BCUT2D eigenvalue weighted by molar-refractivity contribution is 0.0427. The molecule has 0 saturated carbocycles. The molecule has 0 aromatic carbocycles. The van der Waals surface area contributed by atoms with Gasteiger partial charge in [0.25, 0.3) is 0 Å². The van der Waals surface area contributed by atoms with Crippen molar-refractivity contribution in [3.63, 3.8) is 0 Å². The second kappa shape index (κ2) is 8.03. The van der Waals surface area contributed by atoms with Crippen molar-refractivity contribution in [2.45, 2.75) is 59.7 Å². The second-order valence-electron chi connectivity index (χ2n) is 7.55. The van der Waals surface area contributed by atoms with Crippen molar-refractivity contribution in [1.29, 1.82) is 0 Å². The smallest absolute Gasteiger partial charge is 0.425 e. The van der Waals surface area contributed by atoms with Gasteiger partial charge >= 0.3 is 18.2 Å². The van der Waals surface area contributed by atoms with Crippen LogP contribution in [0, 0.1) is 0 Å². The first-order chi connectivity index (χ1) is 12.2. The number of hydrogen-bond donors (Lipinski definition) is 0. The summed E-state index contributed by atoms with van der Waals surface area (Å²) < 4.78 is 19.1. The maximum absolute atomic E-state index is 12.7. The highest BCUT2D eigenvalue weighted by Crippen LogP contribution is 2.30. The number of ketones is 1. The zero-order valence-electron chi connectivity index (χ0n) is 16.7. The van der Waals surface area contributed by atoms with Gasteiger partial charge in [-0.1, -0.05) is 0 Å². The number of ether oxygens (including phenoxy) is 3. The standard InChI is InChI=1S/C17H24N2O7S/c1-9(20)10-11(13(21)24-8)27-18-12(10)19(14(22)25-16(2,3)4)15(23)26-17(5,6)7/h1-8H3. The first-order valence-electron chi connectivity index (χ1n) is 8.03. The highest BCUT2D eigenvalue weighted by atomic mass is 32.1. The number of carbonyl (C=O) groups is 4. The van der Waals surface area contributed by atoms with Crippen LogP contribution in [0.4, 0.5) is 15.4 Å². The molecule has 150 valence electrons. The van der Waals surface area contributed by atoms with E-state index < -0.39 is 35.1 Å². The largest absolute Gasteiger partial charge is 0.465 e. The molecule has 0 atom stereocenters. The van der Waals surface area contributed by atoms with Gasteiger partial charge in [-0.15, -0.1) is 0 Å². The van der Waals surface area contributed by atoms with E-state index in [1.807, 2.05) is 0 Å². The fourth-order valence-electron chi connectivity index (χ4n) is 1.85. The molecule has 9 nitrogen and oxygen atoms in total. The molecule has 0 N–H and O–H groups in total. The molecule has 0 aliphatic rings. The van der Waals surface area contributed by atoms with Gasteiger partial charge in [0.05, 0.1) is 12.7 Å². The van der Waals surface area contributed by atoms with Crippen LogP contribution in [0.3, 0.4) is 0 Å². The van der Waals surface area contributed by atoms with Gasteiger partial charge in [0, 0.05) is 0 Å². The lowest BCUT2D eigenvalue weighted by Gasteiger charge is -2.27. The van der Waals surface area contributed by atoms with Crippen LogP contribution < -0.4 is 4.90 Å². The monoisotopic (exact) mass is 400 g/mol. The quantitative estimate of drug-likeness (QED) is 0.428. The number of esters is 1. The van der Waals surface area contributed by atoms with Crippen molar-refractivity contribution in [3.8, 4) is 0 Å². The number of hydrogen-bond acceptors (Lipinski definition) is 9. The molecule has 2 amide bonds. The number of nitrogens with zero attached hydrogens (tertiary/aromatic N) is 2. The highest BCUT2D eigenvalue weighted by molar-refractivity contribution is 7.08. The van der Waals surface area contributed by atoms with E-state index in [0.29, 0.717) is 16.4 Å². The lowest BCUT2D eigenvalue weighted by atomic mass is 10.1. The summed E-state index contributed by atoms with van der Waals surface area (Å²) in [7, 11) is 1.14. The molecule has 0 unspecified atom stereocenters. The van der Waals surface area contributed by atoms with E-state index in [0.717, 1.165) is 7.11 Å². The molecule has 0 radical (unpaired) electrons. The SMILES string of the molecule is COC(=O)c1snc(N(C(=O)OC(C)(C)C)C(=O)OC(C)(C)C)c1C(C)=O. The lowest BCUT2D eigenvalue weighted by Crippen LogP contribution is -2.44. The molecule has 0 bridgehead atoms. The molecule has 1 aromatic rings. The number of anilines is 1. The van der Waals surface area contributed by atoms with E-state index in [9.17, 15) is 19.2 Å². The second-order valence-corrected chi connectivity index (χ2v) is 8.33. The Morgan fingerprint density at radius 2 is 1.37 bits per heavy atom. The Morgan fingerprint density at radius 3 is 1.70 bits per heavy atom. The summed E-state index contributed by atoms with van der Waals surface area (Å²) in [6.45, 7) is 10.9. The zero-order valence-corrected chi connectivity index (χ0v) is 17.5. The van der Waals surface area contributed by atoms with Gasteiger partial charge in [-0.25, -0.2) is 14.4 Å². The van der Waals surface area contributed by atoms with Gasteiger partial charge < -0.3 is 14.2 Å². The van der Waals surface area contributed by atoms with E-state index in [4.69, 9.17) is 9.47 Å². The molecule has 0 saturated heterocycles. The van der Waals surface area contributed by atoms with Crippen molar-refractivity contribution in [2.75, 3.05) is 12.0 Å². The highest BCUT2D eigenvalue weighted by Gasteiger charge is 2.38. The number of aromatic nitrogens is 1. The van der Waals surface area contributed by atoms with Crippen LogP contribution >= 0.6 is 11.5 Å². The molecular weight excluding hydrogens is 376 g/mol. The maximum Gasteiger partial charge on any atom is 0.425 e. The summed E-state index contributed by atoms with van der Waals surface area (Å²) in [5, 5.41) is 0. The third kappa shape index (κ3) is 6.02. The molecule has 1 aromatic heterocycles. The maximum atomic E-state index is 12.7. The summed E-state index contributed by atoms with van der Waals surface area (Å²) in [4.78, 5) is 49.7. The van der Waals surface area contributed by atoms with Crippen LogP contribution in [0.5, 0.6) is 0 Å². The van der Waals surface area contributed by atoms with Crippen molar-refractivity contribution < 1.29 is 33.4 Å². The van der Waals surface area contributed by atoms with Gasteiger partial charge in [-0.3, -0.25) is 4.79 Å². The van der Waals surface area contributed by atoms with E-state index in [1.165, 1.54) is 6.92 Å². The Morgan fingerprint density at radius 1 is 0.926 bits per heavy atom. The topological polar surface area (TPSA) is 112 Å². The molecular formula is C17H24N2O7S. The van der Waals surface area contributed by atoms with E-state index in [1.54, 1.807) is 41.5 Å². The van der Waals surface area contributed by atoms with Gasteiger partial charge in [0.15, 0.2) is 11.6 Å². The van der Waals surface area contributed by atoms with Gasteiger partial charge in [0.1, 0.15) is 16.1 Å². The normalized spacial score (nSPS) is 11.6. The summed E-state index contributed by atoms with van der Waals surface area (Å²) in [5.41, 5.74) is -2.06. The Hall–Kier alpha value is -2.49. The average Bonchev–Trinajstić information content (AvgIpc) is 2.87. The molecule has 0 fully saturated rings. The van der Waals surface area contributed by atoms with Crippen LogP contribution in [0.25, 0.3) is 0 Å². The number of methoxy groups -OCH3 is 1. The fourth-order valence-corrected chi connectivity index (χ4v) is 2.68. The minimum atomic E-state index is -1.08. The van der Waals surface area contributed by atoms with Crippen molar-refractivity contribution in [1.82, 2.24) is 4.37 Å². The van der Waals surface area contributed by atoms with E-state index in [2.05, 4.69) is 9.11 Å². The molecule has 1 heterocycles. The molecule has 10 heteroatoms. The minimum absolute atomic E-state index is 0.128. The van der Waals surface area contributed by atoms with Crippen LogP contribution in [0.15, 0.2) is 0 Å². The Labute approximate surface area is 161 Å². The van der Waals surface area contributed by atoms with Crippen LogP contribution in [0.1, 0.15) is 68.5 Å². The van der Waals surface area contributed by atoms with Crippen LogP contribution in [-0.4, -0.2) is 46.6 Å². The predicted octanol–water partition coefficient (Wildman–Crippen LogP) is 3.81. The van der Waals surface area contributed by atoms with Gasteiger partial charge in [0.2, 0.25) is 0 Å². The predicted molar refractivity (Wildman–Crippen MR) is 98.4 cm³/mol. The third-order valence-corrected chi connectivity index (χ3v) is 3.58. The van der Waals surface area contributed by atoms with Crippen LogP contribution in [-0.2, 0) is 14.2 Å². The van der Waals surface area contributed by atoms with Gasteiger partial charge in [-0.05, 0) is 60.0 Å². The molecule has 27 heavy (non-hydrogen) atoms. The Balaban J connectivity index is 3.53. The van der Waals surface area contributed by atoms with Crippen molar-refractivity contribution in [3.05, 3.63) is 10.4 Å². The summed E-state index contributed by atoms with van der Waals surface area (Å²) in [6, 6.07) is 0. The molecule has 0 spiro atoms. The fraction of sp³-hybridized carbons (Fsp3) is 0.588. The number of amides is 2. The number of carbonyl (C=O) groups excluding carboxylic acids is 4. The molecule has 0 aliphatic heterocycles. The summed E-state index contributed by atoms with van der Waals surface area (Å²) in [6.07, 6.45) is -2.16. The number of imide groups is 1. The van der Waals surface area contributed by atoms with Crippen molar-refractivity contribution in [2.24, 2.45) is 0 Å². The zero-order chi connectivity index (χ0) is 21.2. The molecule has 0 aliphatic carbocycles. The third-order valence-electron chi connectivity index (χ3n) is 2.76. The van der Waals surface area contributed by atoms with E-state index in [-0.39, 0.29) is 16.3 Å². The minimum Gasteiger partial charge on any atom is -0.465 e. The summed E-state index contributed by atoms with van der Waals surface area (Å²) >= 11 is 0.634. The average molecular weight is 400 g/mol. The van der Waals surface area contributed by atoms with E-state index >= 15 is 0 Å². The Kier molecular flexibility index (Phi) is 6.71. The molecule has 1 rings (SSSR count). The van der Waals surface area contributed by atoms with Gasteiger partial charge in [-0.2, -0.15) is 9.27 Å². The Bertz CT molecular complexity index is 728. The van der Waals surface area contributed by atoms with Crippen LogP contribution in [0.2, 0.25) is 0 Å². The number of Topliss-reactive ketones (excluding diaryl/α,β-unsaturated/α-hetero) is 1. The summed E-state index contributed by atoms with van der Waals surface area (Å²) in [5.74, 6) is -1.72. The number of rotatable bonds is 3. The first-order valence-corrected chi connectivity index (χ1v) is 8.80.